The maximum atomic E-state index is 11.7. The van der Waals surface area contributed by atoms with E-state index in [2.05, 4.69) is 10.2 Å². The number of sulfonamides is 1. The van der Waals surface area contributed by atoms with Crippen LogP contribution in [-0.4, -0.2) is 56.0 Å². The maximum absolute atomic E-state index is 11.7. The third-order valence-corrected chi connectivity index (χ3v) is 5.04. The molecule has 0 N–H and O–H groups in total. The molecule has 0 aliphatic carbocycles. The zero-order valence-corrected chi connectivity index (χ0v) is 14.8. The first-order valence-corrected chi connectivity index (χ1v) is 9.53. The molecule has 1 saturated heterocycles. The first-order chi connectivity index (χ1) is 12.0. The lowest BCUT2D eigenvalue weighted by molar-refractivity contribution is -0.0172. The predicted molar refractivity (Wildman–Crippen MR) is 91.3 cm³/mol. The van der Waals surface area contributed by atoms with Gasteiger partial charge in [0.15, 0.2) is 0 Å². The second kappa shape index (κ2) is 7.34. The van der Waals surface area contributed by atoms with E-state index in [-0.39, 0.29) is 19.0 Å². The van der Waals surface area contributed by atoms with Crippen molar-refractivity contribution < 1.29 is 22.3 Å². The summed E-state index contributed by atoms with van der Waals surface area (Å²) in [4.78, 5) is 0. The summed E-state index contributed by atoms with van der Waals surface area (Å²) in [6.07, 6.45) is 4.08. The van der Waals surface area contributed by atoms with Crippen molar-refractivity contribution in [1.82, 2.24) is 14.5 Å². The predicted octanol–water partition coefficient (Wildman–Crippen LogP) is 1.58. The molecule has 1 unspecified atom stereocenters. The van der Waals surface area contributed by atoms with Gasteiger partial charge in [-0.3, -0.25) is 0 Å². The molecule has 0 amide bonds. The van der Waals surface area contributed by atoms with E-state index in [1.54, 1.807) is 19.3 Å². The number of rotatable bonds is 5. The molecule has 0 saturated carbocycles. The van der Waals surface area contributed by atoms with Gasteiger partial charge in [-0.2, -0.15) is 4.31 Å². The van der Waals surface area contributed by atoms with Gasteiger partial charge in [0, 0.05) is 24.7 Å². The van der Waals surface area contributed by atoms with Gasteiger partial charge in [-0.1, -0.05) is 18.2 Å². The quantitative estimate of drug-likeness (QED) is 0.794. The second-order valence-corrected chi connectivity index (χ2v) is 7.52. The zero-order valence-electron chi connectivity index (χ0n) is 14.0. The molecule has 0 radical (unpaired) electrons. The van der Waals surface area contributed by atoms with E-state index in [4.69, 9.17) is 13.9 Å². The standard InChI is InChI=1S/C16H19N3O5S/c1-22-13-6-4-3-5-12(13)7-8-15-17-18-16(24-15)14-11-19(9-10-23-14)25(2,20)21/h3-8,14H,9-11H2,1-2H3/b8-7+. The highest BCUT2D eigenvalue weighted by atomic mass is 32.2. The monoisotopic (exact) mass is 365 g/mol. The zero-order chi connectivity index (χ0) is 17.9. The normalized spacial score (nSPS) is 19.4. The van der Waals surface area contributed by atoms with Crippen molar-refractivity contribution in [2.24, 2.45) is 0 Å². The number of morpholine rings is 1. The van der Waals surface area contributed by atoms with Gasteiger partial charge in [0.1, 0.15) is 11.9 Å². The molecule has 0 bridgehead atoms. The molecule has 1 aliphatic heterocycles. The number of hydrogen-bond donors (Lipinski definition) is 0. The van der Waals surface area contributed by atoms with Gasteiger partial charge < -0.3 is 13.9 Å². The van der Waals surface area contributed by atoms with Gasteiger partial charge in [0.05, 0.1) is 20.0 Å². The molecule has 1 fully saturated rings. The summed E-state index contributed by atoms with van der Waals surface area (Å²) in [5.41, 5.74) is 0.877. The molecule has 2 heterocycles. The molecular weight excluding hydrogens is 346 g/mol. The average molecular weight is 365 g/mol. The van der Waals surface area contributed by atoms with Crippen LogP contribution in [-0.2, 0) is 14.8 Å². The van der Waals surface area contributed by atoms with E-state index in [9.17, 15) is 8.42 Å². The van der Waals surface area contributed by atoms with Gasteiger partial charge >= 0.3 is 0 Å². The number of nitrogens with zero attached hydrogens (tertiary/aromatic N) is 3. The van der Waals surface area contributed by atoms with Crippen molar-refractivity contribution in [2.75, 3.05) is 33.1 Å². The van der Waals surface area contributed by atoms with E-state index in [0.717, 1.165) is 11.3 Å². The summed E-state index contributed by atoms with van der Waals surface area (Å²) in [6.45, 7) is 0.771. The molecule has 134 valence electrons. The van der Waals surface area contributed by atoms with Gasteiger partial charge in [0.2, 0.25) is 21.8 Å². The van der Waals surface area contributed by atoms with Gasteiger partial charge in [-0.25, -0.2) is 8.42 Å². The highest BCUT2D eigenvalue weighted by molar-refractivity contribution is 7.88. The lowest BCUT2D eigenvalue weighted by Crippen LogP contribution is -2.41. The van der Waals surface area contributed by atoms with Gasteiger partial charge in [0.25, 0.3) is 0 Å². The molecule has 0 spiro atoms. The molecule has 1 atom stereocenters. The Labute approximate surface area is 146 Å². The Bertz CT molecular complexity index is 862. The molecule has 1 aromatic carbocycles. The number of hydrogen-bond acceptors (Lipinski definition) is 7. The van der Waals surface area contributed by atoms with Crippen LogP contribution in [0.5, 0.6) is 5.75 Å². The average Bonchev–Trinajstić information content (AvgIpc) is 3.08. The van der Waals surface area contributed by atoms with Gasteiger partial charge in [-0.15, -0.1) is 10.2 Å². The SMILES string of the molecule is COc1ccccc1/C=C/c1nnc(C2CN(S(C)(=O)=O)CCO2)o1. The van der Waals surface area contributed by atoms with Crippen molar-refractivity contribution in [3.05, 3.63) is 41.6 Å². The molecule has 9 heteroatoms. The van der Waals surface area contributed by atoms with Crippen LogP contribution in [0.2, 0.25) is 0 Å². The Hall–Kier alpha value is -2.23. The van der Waals surface area contributed by atoms with E-state index in [0.29, 0.717) is 12.4 Å². The Morgan fingerprint density at radius 3 is 2.84 bits per heavy atom. The van der Waals surface area contributed by atoms with Crippen LogP contribution in [0.25, 0.3) is 12.2 Å². The Balaban J connectivity index is 1.73. The van der Waals surface area contributed by atoms with E-state index < -0.39 is 16.1 Å². The molecule has 1 aliphatic rings. The van der Waals surface area contributed by atoms with Crippen LogP contribution < -0.4 is 4.74 Å². The minimum atomic E-state index is -3.28. The smallest absolute Gasteiger partial charge is 0.246 e. The third-order valence-electron chi connectivity index (χ3n) is 3.77. The van der Waals surface area contributed by atoms with Crippen molar-refractivity contribution >= 4 is 22.2 Å². The topological polar surface area (TPSA) is 94.8 Å². The minimum absolute atomic E-state index is 0.163. The fourth-order valence-corrected chi connectivity index (χ4v) is 3.30. The summed E-state index contributed by atoms with van der Waals surface area (Å²) in [6, 6.07) is 7.54. The lowest BCUT2D eigenvalue weighted by atomic mass is 10.2. The van der Waals surface area contributed by atoms with Crippen molar-refractivity contribution in [3.8, 4) is 5.75 Å². The highest BCUT2D eigenvalue weighted by Crippen LogP contribution is 2.24. The number of ether oxygens (including phenoxy) is 2. The summed E-state index contributed by atoms with van der Waals surface area (Å²) in [5.74, 6) is 1.30. The molecule has 8 nitrogen and oxygen atoms in total. The summed E-state index contributed by atoms with van der Waals surface area (Å²) < 4.78 is 41.1. The van der Waals surface area contributed by atoms with Crippen LogP contribution in [0.1, 0.15) is 23.4 Å². The van der Waals surface area contributed by atoms with E-state index in [1.165, 1.54) is 10.6 Å². The van der Waals surface area contributed by atoms with Crippen molar-refractivity contribution in [3.63, 3.8) is 0 Å². The van der Waals surface area contributed by atoms with Crippen molar-refractivity contribution in [2.45, 2.75) is 6.10 Å². The molecule has 3 rings (SSSR count). The first kappa shape index (κ1) is 17.6. The highest BCUT2D eigenvalue weighted by Gasteiger charge is 2.30. The fraction of sp³-hybridized carbons (Fsp3) is 0.375. The van der Waals surface area contributed by atoms with Crippen molar-refractivity contribution in [1.29, 1.82) is 0 Å². The Morgan fingerprint density at radius 1 is 1.28 bits per heavy atom. The summed E-state index contributed by atoms with van der Waals surface area (Å²) in [7, 11) is -1.68. The largest absolute Gasteiger partial charge is 0.496 e. The maximum Gasteiger partial charge on any atom is 0.246 e. The number of para-hydroxylation sites is 1. The number of methoxy groups -OCH3 is 1. The number of benzene rings is 1. The summed E-state index contributed by atoms with van der Waals surface area (Å²) in [5, 5.41) is 7.92. The minimum Gasteiger partial charge on any atom is -0.496 e. The molecular formula is C16H19N3O5S. The second-order valence-electron chi connectivity index (χ2n) is 5.53. The van der Waals surface area contributed by atoms with Crippen LogP contribution in [0.4, 0.5) is 0 Å². The first-order valence-electron chi connectivity index (χ1n) is 7.68. The Kier molecular flexibility index (Phi) is 5.16. The molecule has 1 aromatic heterocycles. The summed E-state index contributed by atoms with van der Waals surface area (Å²) >= 11 is 0. The molecule has 2 aromatic rings. The van der Waals surface area contributed by atoms with Crippen LogP contribution in [0.3, 0.4) is 0 Å². The van der Waals surface area contributed by atoms with Crippen LogP contribution in [0.15, 0.2) is 28.7 Å². The lowest BCUT2D eigenvalue weighted by Gasteiger charge is -2.29. The third kappa shape index (κ3) is 4.25. The Morgan fingerprint density at radius 2 is 2.08 bits per heavy atom. The van der Waals surface area contributed by atoms with E-state index >= 15 is 0 Å². The fourth-order valence-electron chi connectivity index (χ4n) is 2.49. The van der Waals surface area contributed by atoms with Crippen LogP contribution in [0, 0.1) is 0 Å². The van der Waals surface area contributed by atoms with Crippen LogP contribution >= 0.6 is 0 Å². The van der Waals surface area contributed by atoms with E-state index in [1.807, 2.05) is 24.3 Å². The number of aromatic nitrogens is 2. The van der Waals surface area contributed by atoms with Gasteiger partial charge in [-0.05, 0) is 12.1 Å². The molecule has 25 heavy (non-hydrogen) atoms.